The van der Waals surface area contributed by atoms with Gasteiger partial charge in [-0.05, 0) is 44.9 Å². The highest BCUT2D eigenvalue weighted by molar-refractivity contribution is 5.92. The summed E-state index contributed by atoms with van der Waals surface area (Å²) in [5.74, 6) is 1.76. The number of fused-ring (bicyclic) bond motifs is 4. The van der Waals surface area contributed by atoms with Crippen molar-refractivity contribution in [3.05, 3.63) is 52.9 Å². The van der Waals surface area contributed by atoms with Crippen LogP contribution in [0.5, 0.6) is 0 Å². The summed E-state index contributed by atoms with van der Waals surface area (Å²) in [5, 5.41) is 10.1. The number of carbonyl (C=O) groups is 1. The number of hydrogen-bond acceptors (Lipinski definition) is 5. The van der Waals surface area contributed by atoms with Crippen LogP contribution in [0.25, 0.3) is 16.6 Å². The summed E-state index contributed by atoms with van der Waals surface area (Å²) in [6, 6.07) is 8.03. The number of nitrogens with zero attached hydrogens (tertiary/aromatic N) is 7. The van der Waals surface area contributed by atoms with Gasteiger partial charge in [-0.2, -0.15) is 10.2 Å². The molecule has 148 valence electrons. The van der Waals surface area contributed by atoms with E-state index in [1.165, 1.54) is 0 Å². The molecular formula is C21H23N7O. The van der Waals surface area contributed by atoms with Crippen LogP contribution in [0.1, 0.15) is 35.0 Å². The van der Waals surface area contributed by atoms with Gasteiger partial charge in [0.25, 0.3) is 0 Å². The largest absolute Gasteiger partial charge is 0.333 e. The quantitative estimate of drug-likeness (QED) is 0.537. The number of amides is 1. The number of aryl methyl sites for hydroxylation is 3. The summed E-state index contributed by atoms with van der Waals surface area (Å²) in [6.45, 7) is 7.85. The lowest BCUT2D eigenvalue weighted by molar-refractivity contribution is -0.132. The lowest BCUT2D eigenvalue weighted by Gasteiger charge is -2.27. The molecule has 8 heteroatoms. The van der Waals surface area contributed by atoms with Gasteiger partial charge in [-0.15, -0.1) is 0 Å². The van der Waals surface area contributed by atoms with Crippen molar-refractivity contribution in [2.24, 2.45) is 0 Å². The van der Waals surface area contributed by atoms with E-state index in [0.29, 0.717) is 32.5 Å². The SMILES string of the molecule is Cc1nc2n(n1)CCN(C(=O)CCc1c(C)nc3c4ccccc4nn3c1C)C2. The Bertz CT molecular complexity index is 1250. The van der Waals surface area contributed by atoms with E-state index >= 15 is 0 Å². The molecule has 29 heavy (non-hydrogen) atoms. The molecule has 0 saturated heterocycles. The van der Waals surface area contributed by atoms with Gasteiger partial charge in [-0.3, -0.25) is 4.79 Å². The number of carbonyl (C=O) groups excluding carboxylic acids is 1. The maximum absolute atomic E-state index is 12.8. The molecule has 1 aliphatic rings. The second-order valence-electron chi connectivity index (χ2n) is 7.63. The molecule has 0 saturated carbocycles. The third-order valence-corrected chi connectivity index (χ3v) is 5.73. The van der Waals surface area contributed by atoms with Gasteiger partial charge in [0.15, 0.2) is 5.65 Å². The summed E-state index contributed by atoms with van der Waals surface area (Å²) in [6.07, 6.45) is 1.10. The van der Waals surface area contributed by atoms with E-state index in [1.807, 2.05) is 52.2 Å². The molecule has 0 aliphatic carbocycles. The van der Waals surface area contributed by atoms with Crippen LogP contribution in [0.4, 0.5) is 0 Å². The average molecular weight is 389 g/mol. The van der Waals surface area contributed by atoms with Gasteiger partial charge >= 0.3 is 0 Å². The highest BCUT2D eigenvalue weighted by atomic mass is 16.2. The molecule has 1 aromatic carbocycles. The summed E-state index contributed by atoms with van der Waals surface area (Å²) in [4.78, 5) is 23.9. The van der Waals surface area contributed by atoms with Crippen molar-refractivity contribution in [2.75, 3.05) is 6.54 Å². The van der Waals surface area contributed by atoms with Crippen LogP contribution in [0, 0.1) is 20.8 Å². The topological polar surface area (TPSA) is 81.2 Å². The van der Waals surface area contributed by atoms with E-state index in [9.17, 15) is 4.79 Å². The second kappa shape index (κ2) is 6.65. The molecule has 4 heterocycles. The summed E-state index contributed by atoms with van der Waals surface area (Å²) >= 11 is 0. The van der Waals surface area contributed by atoms with Crippen LogP contribution < -0.4 is 0 Å². The molecule has 4 aromatic rings. The zero-order valence-electron chi connectivity index (χ0n) is 16.9. The van der Waals surface area contributed by atoms with Gasteiger partial charge in [0.2, 0.25) is 5.91 Å². The standard InChI is InChI=1S/C21H23N7O/c1-13-16(14(2)28-21(22-13)17-6-4-5-7-18(17)25-28)8-9-20(29)26-10-11-27-19(12-26)23-15(3)24-27/h4-7H,8-12H2,1-3H3. The molecule has 0 radical (unpaired) electrons. The zero-order chi connectivity index (χ0) is 20.1. The van der Waals surface area contributed by atoms with Crippen molar-refractivity contribution >= 4 is 22.5 Å². The number of rotatable bonds is 3. The number of hydrogen-bond donors (Lipinski definition) is 0. The third kappa shape index (κ3) is 2.95. The van der Waals surface area contributed by atoms with E-state index in [-0.39, 0.29) is 5.91 Å². The maximum atomic E-state index is 12.8. The highest BCUT2D eigenvalue weighted by Gasteiger charge is 2.23. The van der Waals surface area contributed by atoms with E-state index in [2.05, 4.69) is 17.0 Å². The fourth-order valence-corrected chi connectivity index (χ4v) is 4.20. The van der Waals surface area contributed by atoms with Crippen LogP contribution in [-0.2, 0) is 24.3 Å². The van der Waals surface area contributed by atoms with Crippen LogP contribution in [-0.4, -0.2) is 46.7 Å². The Labute approximate surface area is 168 Å². The van der Waals surface area contributed by atoms with Gasteiger partial charge in [0.05, 0.1) is 18.6 Å². The fourth-order valence-electron chi connectivity index (χ4n) is 4.20. The molecule has 0 unspecified atom stereocenters. The van der Waals surface area contributed by atoms with Crippen molar-refractivity contribution in [2.45, 2.75) is 46.7 Å². The van der Waals surface area contributed by atoms with Gasteiger partial charge in [-0.25, -0.2) is 19.2 Å². The second-order valence-corrected chi connectivity index (χ2v) is 7.63. The molecule has 3 aromatic heterocycles. The van der Waals surface area contributed by atoms with E-state index in [0.717, 1.165) is 45.2 Å². The van der Waals surface area contributed by atoms with Crippen molar-refractivity contribution in [1.82, 2.24) is 34.3 Å². The third-order valence-electron chi connectivity index (χ3n) is 5.73. The van der Waals surface area contributed by atoms with Crippen molar-refractivity contribution < 1.29 is 4.79 Å². The van der Waals surface area contributed by atoms with Crippen molar-refractivity contribution in [1.29, 1.82) is 0 Å². The Kier molecular flexibility index (Phi) is 4.08. The Hall–Kier alpha value is -3.29. The normalized spacial score (nSPS) is 14.0. The maximum Gasteiger partial charge on any atom is 0.223 e. The van der Waals surface area contributed by atoms with E-state index in [4.69, 9.17) is 10.1 Å². The molecule has 1 amide bonds. The van der Waals surface area contributed by atoms with E-state index in [1.54, 1.807) is 0 Å². The molecule has 0 N–H and O–H groups in total. The molecule has 0 spiro atoms. The molecule has 8 nitrogen and oxygen atoms in total. The van der Waals surface area contributed by atoms with Crippen LogP contribution in [0.3, 0.4) is 0 Å². The zero-order valence-corrected chi connectivity index (χ0v) is 16.9. The lowest BCUT2D eigenvalue weighted by Crippen LogP contribution is -2.38. The molecule has 5 rings (SSSR count). The highest BCUT2D eigenvalue weighted by Crippen LogP contribution is 2.23. The van der Waals surface area contributed by atoms with Crippen LogP contribution >= 0.6 is 0 Å². The molecule has 0 atom stereocenters. The Morgan fingerprint density at radius 3 is 2.76 bits per heavy atom. The monoisotopic (exact) mass is 389 g/mol. The fraction of sp³-hybridized carbons (Fsp3) is 0.381. The lowest BCUT2D eigenvalue weighted by atomic mass is 10.1. The van der Waals surface area contributed by atoms with Crippen LogP contribution in [0.15, 0.2) is 24.3 Å². The summed E-state index contributed by atoms with van der Waals surface area (Å²) < 4.78 is 3.80. The first kappa shape index (κ1) is 17.8. The van der Waals surface area contributed by atoms with Crippen molar-refractivity contribution in [3.63, 3.8) is 0 Å². The minimum atomic E-state index is 0.140. The smallest absolute Gasteiger partial charge is 0.223 e. The predicted octanol–water partition coefficient (Wildman–Crippen LogP) is 2.37. The Balaban J connectivity index is 1.38. The molecule has 1 aliphatic heterocycles. The molecular weight excluding hydrogens is 366 g/mol. The van der Waals surface area contributed by atoms with Gasteiger partial charge in [0, 0.05) is 29.7 Å². The van der Waals surface area contributed by atoms with Crippen LogP contribution in [0.2, 0.25) is 0 Å². The predicted molar refractivity (Wildman–Crippen MR) is 108 cm³/mol. The van der Waals surface area contributed by atoms with Gasteiger partial charge in [-0.1, -0.05) is 12.1 Å². The number of benzene rings is 1. The Morgan fingerprint density at radius 2 is 1.90 bits per heavy atom. The average Bonchev–Trinajstić information content (AvgIpc) is 3.26. The first-order valence-electron chi connectivity index (χ1n) is 9.93. The van der Waals surface area contributed by atoms with Gasteiger partial charge in [0.1, 0.15) is 11.6 Å². The Morgan fingerprint density at radius 1 is 1.07 bits per heavy atom. The van der Waals surface area contributed by atoms with Gasteiger partial charge < -0.3 is 4.90 Å². The minimum absolute atomic E-state index is 0.140. The number of aromatic nitrogens is 6. The molecule has 0 fully saturated rings. The summed E-state index contributed by atoms with van der Waals surface area (Å²) in [5.41, 5.74) is 4.91. The molecule has 0 bridgehead atoms. The summed E-state index contributed by atoms with van der Waals surface area (Å²) in [7, 11) is 0. The first-order chi connectivity index (χ1) is 14.0. The minimum Gasteiger partial charge on any atom is -0.333 e. The first-order valence-corrected chi connectivity index (χ1v) is 9.93. The van der Waals surface area contributed by atoms with E-state index < -0.39 is 0 Å². The van der Waals surface area contributed by atoms with Crippen molar-refractivity contribution in [3.8, 4) is 0 Å².